The van der Waals surface area contributed by atoms with Gasteiger partial charge in [0, 0.05) is 16.6 Å². The van der Waals surface area contributed by atoms with E-state index in [0.29, 0.717) is 12.5 Å². The minimum atomic E-state index is 0.0513. The Kier molecular flexibility index (Phi) is 6.28. The number of hydrogen-bond donors (Lipinski definition) is 2. The van der Waals surface area contributed by atoms with Crippen LogP contribution in [0.1, 0.15) is 28.3 Å². The summed E-state index contributed by atoms with van der Waals surface area (Å²) >= 11 is 3.50. The summed E-state index contributed by atoms with van der Waals surface area (Å²) in [5.74, 6) is 1.59. The van der Waals surface area contributed by atoms with Crippen LogP contribution in [0.25, 0.3) is 0 Å². The number of phenols is 1. The highest BCUT2D eigenvalue weighted by molar-refractivity contribution is 9.10. The first kappa shape index (κ1) is 21.0. The minimum Gasteiger partial charge on any atom is -0.508 e. The summed E-state index contributed by atoms with van der Waals surface area (Å²) in [6.45, 7) is 0.590. The van der Waals surface area contributed by atoms with Crippen LogP contribution in [0, 0.1) is 0 Å². The van der Waals surface area contributed by atoms with Crippen LogP contribution in [0.2, 0.25) is 0 Å². The molecule has 0 aliphatic rings. The number of hydrogen-bond acceptors (Lipinski definition) is 4. The van der Waals surface area contributed by atoms with Gasteiger partial charge in [-0.15, -0.1) is 0 Å². The van der Waals surface area contributed by atoms with Gasteiger partial charge in [0.15, 0.2) is 0 Å². The second kappa shape index (κ2) is 9.27. The molecule has 0 fully saturated rings. The number of nitrogen functional groups attached to an aromatic ring is 1. The predicted octanol–water partition coefficient (Wildman–Crippen LogP) is 5.36. The van der Waals surface area contributed by atoms with Crippen molar-refractivity contribution in [1.29, 1.82) is 0 Å². The van der Waals surface area contributed by atoms with Gasteiger partial charge in [0.25, 0.3) is 0 Å². The summed E-state index contributed by atoms with van der Waals surface area (Å²) in [4.78, 5) is 4.71. The van der Waals surface area contributed by atoms with Crippen molar-refractivity contribution in [1.82, 2.24) is 9.55 Å². The highest BCUT2D eigenvalue weighted by Gasteiger charge is 2.20. The first-order chi connectivity index (χ1) is 15.0. The van der Waals surface area contributed by atoms with Gasteiger partial charge in [0.2, 0.25) is 5.95 Å². The average molecular weight is 478 g/mol. The molecular formula is C25H24BrN3O2. The second-order valence-corrected chi connectivity index (χ2v) is 8.39. The third-order valence-corrected chi connectivity index (χ3v) is 5.87. The Hall–Kier alpha value is -3.25. The van der Waals surface area contributed by atoms with E-state index in [1.165, 1.54) is 5.56 Å². The lowest BCUT2D eigenvalue weighted by Gasteiger charge is -2.16. The molecule has 1 heterocycles. The molecule has 0 amide bonds. The van der Waals surface area contributed by atoms with Crippen molar-refractivity contribution in [2.24, 2.45) is 0 Å². The fourth-order valence-corrected chi connectivity index (χ4v) is 3.89. The highest BCUT2D eigenvalue weighted by atomic mass is 79.9. The molecule has 1 aromatic heterocycles. The number of anilines is 1. The van der Waals surface area contributed by atoms with Gasteiger partial charge >= 0.3 is 0 Å². The minimum absolute atomic E-state index is 0.0513. The zero-order valence-corrected chi connectivity index (χ0v) is 18.8. The van der Waals surface area contributed by atoms with E-state index in [1.807, 2.05) is 35.0 Å². The van der Waals surface area contributed by atoms with Crippen molar-refractivity contribution in [3.05, 3.63) is 106 Å². The van der Waals surface area contributed by atoms with E-state index in [1.54, 1.807) is 19.2 Å². The fraction of sp³-hybridized carbons (Fsp3) is 0.160. The molecule has 0 aliphatic carbocycles. The molecule has 0 saturated carbocycles. The van der Waals surface area contributed by atoms with Gasteiger partial charge < -0.3 is 20.1 Å². The van der Waals surface area contributed by atoms with Crippen LogP contribution >= 0.6 is 15.9 Å². The highest BCUT2D eigenvalue weighted by Crippen LogP contribution is 2.30. The first-order valence-corrected chi connectivity index (χ1v) is 10.8. The van der Waals surface area contributed by atoms with E-state index in [9.17, 15) is 5.11 Å². The lowest BCUT2D eigenvalue weighted by molar-refractivity contribution is 0.414. The molecule has 5 nitrogen and oxygen atoms in total. The van der Waals surface area contributed by atoms with Crippen LogP contribution in [0.15, 0.2) is 83.5 Å². The maximum atomic E-state index is 9.52. The number of rotatable bonds is 7. The predicted molar refractivity (Wildman–Crippen MR) is 127 cm³/mol. The van der Waals surface area contributed by atoms with E-state index in [-0.39, 0.29) is 11.7 Å². The third-order valence-electron chi connectivity index (χ3n) is 5.34. The van der Waals surface area contributed by atoms with Crippen molar-refractivity contribution in [2.45, 2.75) is 18.9 Å². The van der Waals surface area contributed by atoms with Crippen molar-refractivity contribution in [3.63, 3.8) is 0 Å². The van der Waals surface area contributed by atoms with Crippen molar-refractivity contribution >= 4 is 21.9 Å². The van der Waals surface area contributed by atoms with Crippen LogP contribution in [-0.2, 0) is 13.0 Å². The quantitative estimate of drug-likeness (QED) is 0.375. The molecule has 31 heavy (non-hydrogen) atoms. The zero-order valence-electron chi connectivity index (χ0n) is 17.2. The molecule has 158 valence electrons. The van der Waals surface area contributed by atoms with Gasteiger partial charge in [-0.05, 0) is 59.5 Å². The maximum absolute atomic E-state index is 9.52. The number of nitrogens with zero attached hydrogens (tertiary/aromatic N) is 2. The number of aromatic hydroxyl groups is 1. The largest absolute Gasteiger partial charge is 0.508 e. The van der Waals surface area contributed by atoms with Crippen LogP contribution in [0.5, 0.6) is 11.5 Å². The van der Waals surface area contributed by atoms with Gasteiger partial charge in [0.1, 0.15) is 11.5 Å². The fourth-order valence-electron chi connectivity index (χ4n) is 3.63. The SMILES string of the molecule is COc1ccc(C(Cc2ccc(Br)cc2)c2cn(Cc3ccc(O)cc3)c(N)n2)cc1. The molecule has 4 rings (SSSR count). The van der Waals surface area contributed by atoms with Gasteiger partial charge in [-0.1, -0.05) is 52.3 Å². The third kappa shape index (κ3) is 5.09. The Morgan fingerprint density at radius 3 is 2.26 bits per heavy atom. The number of imidazole rings is 1. The number of nitrogens with two attached hydrogens (primary N) is 1. The standard InChI is InChI=1S/C25H24BrN3O2/c1-31-22-12-6-19(7-13-22)23(14-17-2-8-20(26)9-3-17)24-16-29(25(27)28-24)15-18-4-10-21(30)11-5-18/h2-13,16,23,30H,14-15H2,1H3,(H2,27,28). The number of ether oxygens (including phenoxy) is 1. The molecule has 4 aromatic rings. The van der Waals surface area contributed by atoms with E-state index < -0.39 is 0 Å². The monoisotopic (exact) mass is 477 g/mol. The molecule has 0 aliphatic heterocycles. The van der Waals surface area contributed by atoms with Gasteiger partial charge in [-0.2, -0.15) is 0 Å². The Morgan fingerprint density at radius 1 is 0.968 bits per heavy atom. The number of aromatic nitrogens is 2. The van der Waals surface area contributed by atoms with Gasteiger partial charge in [-0.3, -0.25) is 0 Å². The molecule has 0 saturated heterocycles. The molecule has 1 unspecified atom stereocenters. The molecule has 3 N–H and O–H groups in total. The number of benzene rings is 3. The van der Waals surface area contributed by atoms with Crippen molar-refractivity contribution in [2.75, 3.05) is 12.8 Å². The average Bonchev–Trinajstić information content (AvgIpc) is 3.15. The molecule has 0 radical (unpaired) electrons. The lowest BCUT2D eigenvalue weighted by atomic mass is 9.89. The molecule has 6 heteroatoms. The van der Waals surface area contributed by atoms with E-state index in [4.69, 9.17) is 15.5 Å². The molecule has 1 atom stereocenters. The van der Waals surface area contributed by atoms with Crippen LogP contribution in [0.3, 0.4) is 0 Å². The Bertz CT molecular complexity index is 1140. The maximum Gasteiger partial charge on any atom is 0.200 e. The Morgan fingerprint density at radius 2 is 1.61 bits per heavy atom. The summed E-state index contributed by atoms with van der Waals surface area (Å²) in [7, 11) is 1.67. The normalized spacial score (nSPS) is 11.9. The number of halogens is 1. The summed E-state index contributed by atoms with van der Waals surface area (Å²) < 4.78 is 8.32. The van der Waals surface area contributed by atoms with Crippen molar-refractivity contribution in [3.8, 4) is 11.5 Å². The molecule has 3 aromatic carbocycles. The summed E-state index contributed by atoms with van der Waals surface area (Å²) in [6, 6.07) is 23.6. The zero-order chi connectivity index (χ0) is 21.8. The van der Waals surface area contributed by atoms with Crippen molar-refractivity contribution < 1.29 is 9.84 Å². The number of methoxy groups -OCH3 is 1. The number of phenolic OH excluding ortho intramolecular Hbond substituents is 1. The van der Waals surface area contributed by atoms with Gasteiger partial charge in [0.05, 0.1) is 19.3 Å². The lowest BCUT2D eigenvalue weighted by Crippen LogP contribution is -2.06. The summed E-state index contributed by atoms with van der Waals surface area (Å²) in [5, 5.41) is 9.52. The van der Waals surface area contributed by atoms with Crippen LogP contribution in [0.4, 0.5) is 5.95 Å². The van der Waals surface area contributed by atoms with E-state index >= 15 is 0 Å². The van der Waals surface area contributed by atoms with Gasteiger partial charge in [-0.25, -0.2) is 4.98 Å². The molecule has 0 spiro atoms. The smallest absolute Gasteiger partial charge is 0.200 e. The van der Waals surface area contributed by atoms with E-state index in [2.05, 4.69) is 52.3 Å². The first-order valence-electron chi connectivity index (χ1n) is 10.0. The van der Waals surface area contributed by atoms with E-state index in [0.717, 1.165) is 33.5 Å². The molecule has 0 bridgehead atoms. The second-order valence-electron chi connectivity index (χ2n) is 7.47. The summed E-state index contributed by atoms with van der Waals surface area (Å²) in [6.07, 6.45) is 2.82. The van der Waals surface area contributed by atoms with Crippen LogP contribution < -0.4 is 10.5 Å². The van der Waals surface area contributed by atoms with Crippen LogP contribution in [-0.4, -0.2) is 21.8 Å². The Labute approximate surface area is 190 Å². The molecular weight excluding hydrogens is 454 g/mol. The topological polar surface area (TPSA) is 73.3 Å². The summed E-state index contributed by atoms with van der Waals surface area (Å²) in [5.41, 5.74) is 10.6. The Balaban J connectivity index is 1.66.